The summed E-state index contributed by atoms with van der Waals surface area (Å²) in [5.41, 5.74) is 3.89. The number of rotatable bonds is 8. The Kier molecular flexibility index (Phi) is 6.13. The number of aromatic nitrogens is 2. The molecule has 0 spiro atoms. The Morgan fingerprint density at radius 1 is 1.18 bits per heavy atom. The molecule has 0 unspecified atom stereocenters. The average molecular weight is 446 g/mol. The lowest BCUT2D eigenvalue weighted by molar-refractivity contribution is 0.0691. The summed E-state index contributed by atoms with van der Waals surface area (Å²) in [5, 5.41) is 10.6. The van der Waals surface area contributed by atoms with E-state index >= 15 is 0 Å². The van der Waals surface area contributed by atoms with Crippen molar-refractivity contribution in [2.24, 2.45) is 0 Å². The number of carbonyl (C=O) groups is 1. The minimum Gasteiger partial charge on any atom is -0.491 e. The fourth-order valence-corrected chi connectivity index (χ4v) is 4.72. The summed E-state index contributed by atoms with van der Waals surface area (Å²) in [6.07, 6.45) is 11.8. The average Bonchev–Trinajstić information content (AvgIpc) is 3.48. The van der Waals surface area contributed by atoms with Crippen LogP contribution in [0.1, 0.15) is 40.2 Å². The van der Waals surface area contributed by atoms with Gasteiger partial charge in [0, 0.05) is 29.9 Å². The summed E-state index contributed by atoms with van der Waals surface area (Å²) >= 11 is 0. The van der Waals surface area contributed by atoms with E-state index in [1.807, 2.05) is 18.5 Å². The first-order chi connectivity index (χ1) is 16.2. The van der Waals surface area contributed by atoms with Gasteiger partial charge in [-0.05, 0) is 61.7 Å². The number of para-hydroxylation sites is 1. The third-order valence-corrected chi connectivity index (χ3v) is 6.46. The Morgan fingerprint density at radius 2 is 2.03 bits per heavy atom. The summed E-state index contributed by atoms with van der Waals surface area (Å²) in [6, 6.07) is 10.9. The Labute approximate surface area is 192 Å². The van der Waals surface area contributed by atoms with Crippen LogP contribution in [0.3, 0.4) is 0 Å². The van der Waals surface area contributed by atoms with E-state index in [2.05, 4.69) is 26.7 Å². The van der Waals surface area contributed by atoms with Crippen molar-refractivity contribution in [3.63, 3.8) is 0 Å². The third-order valence-electron chi connectivity index (χ3n) is 6.46. The number of aromatic carboxylic acids is 1. The molecule has 7 nitrogen and oxygen atoms in total. The predicted molar refractivity (Wildman–Crippen MR) is 125 cm³/mol. The molecule has 4 heterocycles. The molecule has 1 saturated heterocycles. The lowest BCUT2D eigenvalue weighted by Gasteiger charge is -2.31. The maximum Gasteiger partial charge on any atom is 0.339 e. The first-order valence-corrected chi connectivity index (χ1v) is 11.3. The van der Waals surface area contributed by atoms with Crippen LogP contribution in [0.4, 0.5) is 0 Å². The van der Waals surface area contributed by atoms with Gasteiger partial charge in [0.1, 0.15) is 17.9 Å². The number of hydrogen-bond acceptors (Lipinski definition) is 5. The number of carboxylic acid groups (broad SMARTS) is 1. The Bertz CT molecular complexity index is 1220. The largest absolute Gasteiger partial charge is 0.491 e. The quantitative estimate of drug-likeness (QED) is 0.426. The number of hydrogen-bond donors (Lipinski definition) is 1. The summed E-state index contributed by atoms with van der Waals surface area (Å²) in [4.78, 5) is 18.1. The third kappa shape index (κ3) is 4.64. The van der Waals surface area contributed by atoms with Crippen LogP contribution in [0.15, 0.2) is 71.9 Å². The van der Waals surface area contributed by atoms with Gasteiger partial charge in [0.25, 0.3) is 0 Å². The molecule has 33 heavy (non-hydrogen) atoms. The Balaban J connectivity index is 1.21. The molecule has 0 aliphatic carbocycles. The molecule has 3 aromatic heterocycles. The second-order valence-corrected chi connectivity index (χ2v) is 8.50. The minimum absolute atomic E-state index is 0.206. The summed E-state index contributed by atoms with van der Waals surface area (Å²) in [5.74, 6) is -0.0297. The molecule has 1 aliphatic rings. The Hall–Kier alpha value is -3.58. The predicted octanol–water partition coefficient (Wildman–Crippen LogP) is 4.63. The number of ether oxygens (including phenoxy) is 1. The van der Waals surface area contributed by atoms with Gasteiger partial charge >= 0.3 is 5.97 Å². The molecular formula is C26H27N3O4. The molecule has 0 atom stereocenters. The van der Waals surface area contributed by atoms with Crippen molar-refractivity contribution in [3.8, 4) is 5.75 Å². The number of carboxylic acids is 1. The van der Waals surface area contributed by atoms with Crippen molar-refractivity contribution in [2.45, 2.75) is 25.3 Å². The zero-order chi connectivity index (χ0) is 22.6. The molecule has 0 radical (unpaired) electrons. The number of benzene rings is 1. The highest BCUT2D eigenvalue weighted by Crippen LogP contribution is 2.34. The first kappa shape index (κ1) is 21.3. The number of fused-ring (bicyclic) bond motifs is 1. The highest BCUT2D eigenvalue weighted by molar-refractivity contribution is 5.90. The van der Waals surface area contributed by atoms with Crippen molar-refractivity contribution in [1.82, 2.24) is 14.5 Å². The van der Waals surface area contributed by atoms with E-state index < -0.39 is 5.97 Å². The second kappa shape index (κ2) is 9.50. The van der Waals surface area contributed by atoms with Gasteiger partial charge in [0.15, 0.2) is 0 Å². The van der Waals surface area contributed by atoms with Gasteiger partial charge in [0.2, 0.25) is 0 Å². The van der Waals surface area contributed by atoms with Gasteiger partial charge in [-0.15, -0.1) is 0 Å². The van der Waals surface area contributed by atoms with Crippen LogP contribution in [0.25, 0.3) is 10.9 Å². The van der Waals surface area contributed by atoms with E-state index in [0.717, 1.165) is 50.1 Å². The second-order valence-electron chi connectivity index (χ2n) is 8.50. The molecule has 4 aromatic rings. The monoisotopic (exact) mass is 445 g/mol. The summed E-state index contributed by atoms with van der Waals surface area (Å²) in [6.45, 7) is 4.02. The number of furan rings is 1. The Morgan fingerprint density at radius 3 is 2.82 bits per heavy atom. The first-order valence-electron chi connectivity index (χ1n) is 11.3. The van der Waals surface area contributed by atoms with Crippen molar-refractivity contribution >= 4 is 16.9 Å². The molecule has 0 amide bonds. The molecule has 1 N–H and O–H groups in total. The standard InChI is InChI=1S/C26H27N3O4/c30-26(31)22-3-1-2-4-25(22)33-14-12-28-10-6-20(7-11-28)23-17-29(16-19-8-13-32-18-19)24-15-27-9-5-21(23)24/h1-5,8-9,13,15,17-18,20H,6-7,10-12,14,16H2,(H,30,31). The molecule has 0 saturated carbocycles. The van der Waals surface area contributed by atoms with Crippen LogP contribution < -0.4 is 4.74 Å². The van der Waals surface area contributed by atoms with Gasteiger partial charge in [-0.1, -0.05) is 12.1 Å². The highest BCUT2D eigenvalue weighted by atomic mass is 16.5. The van der Waals surface area contributed by atoms with E-state index in [9.17, 15) is 9.90 Å². The number of likely N-dealkylation sites (tertiary alicyclic amines) is 1. The number of nitrogens with zero attached hydrogens (tertiary/aromatic N) is 3. The van der Waals surface area contributed by atoms with Gasteiger partial charge in [-0.25, -0.2) is 4.79 Å². The van der Waals surface area contributed by atoms with Crippen LogP contribution in [0.5, 0.6) is 5.75 Å². The number of piperidine rings is 1. The molecule has 1 fully saturated rings. The zero-order valence-corrected chi connectivity index (χ0v) is 18.4. The van der Waals surface area contributed by atoms with Gasteiger partial charge in [0.05, 0.1) is 30.8 Å². The molecular weight excluding hydrogens is 418 g/mol. The van der Waals surface area contributed by atoms with E-state index in [-0.39, 0.29) is 5.56 Å². The fraction of sp³-hybridized carbons (Fsp3) is 0.308. The van der Waals surface area contributed by atoms with E-state index in [4.69, 9.17) is 9.15 Å². The fourth-order valence-electron chi connectivity index (χ4n) is 4.72. The lowest BCUT2D eigenvalue weighted by Crippen LogP contribution is -2.35. The highest BCUT2D eigenvalue weighted by Gasteiger charge is 2.24. The van der Waals surface area contributed by atoms with Crippen LogP contribution in [-0.4, -0.2) is 51.8 Å². The molecule has 1 aromatic carbocycles. The normalized spacial score (nSPS) is 15.2. The topological polar surface area (TPSA) is 80.7 Å². The van der Waals surface area contributed by atoms with E-state index in [1.165, 1.54) is 10.9 Å². The maximum atomic E-state index is 11.3. The molecule has 170 valence electrons. The smallest absolute Gasteiger partial charge is 0.339 e. The maximum absolute atomic E-state index is 11.3. The molecule has 5 rings (SSSR count). The van der Waals surface area contributed by atoms with Crippen LogP contribution in [0, 0.1) is 0 Å². The summed E-state index contributed by atoms with van der Waals surface area (Å²) in [7, 11) is 0. The van der Waals surface area contributed by atoms with Crippen LogP contribution >= 0.6 is 0 Å². The summed E-state index contributed by atoms with van der Waals surface area (Å²) < 4.78 is 13.3. The van der Waals surface area contributed by atoms with Crippen molar-refractivity contribution in [3.05, 3.63) is 84.2 Å². The molecule has 1 aliphatic heterocycles. The SMILES string of the molecule is O=C(O)c1ccccc1OCCN1CCC(c2cn(Cc3ccoc3)c3cnccc23)CC1. The van der Waals surface area contributed by atoms with Gasteiger partial charge in [-0.3, -0.25) is 9.88 Å². The van der Waals surface area contributed by atoms with Gasteiger partial charge in [-0.2, -0.15) is 0 Å². The minimum atomic E-state index is -0.964. The molecule has 7 heteroatoms. The van der Waals surface area contributed by atoms with Crippen LogP contribution in [0.2, 0.25) is 0 Å². The van der Waals surface area contributed by atoms with E-state index in [1.54, 1.807) is 36.8 Å². The van der Waals surface area contributed by atoms with Crippen molar-refractivity contribution in [2.75, 3.05) is 26.2 Å². The van der Waals surface area contributed by atoms with Gasteiger partial charge < -0.3 is 18.8 Å². The lowest BCUT2D eigenvalue weighted by atomic mass is 9.89. The number of pyridine rings is 1. The van der Waals surface area contributed by atoms with Crippen molar-refractivity contribution in [1.29, 1.82) is 0 Å². The molecule has 0 bridgehead atoms. The van der Waals surface area contributed by atoms with Crippen molar-refractivity contribution < 1.29 is 19.1 Å². The zero-order valence-electron chi connectivity index (χ0n) is 18.4. The van der Waals surface area contributed by atoms with E-state index in [0.29, 0.717) is 18.3 Å². The van der Waals surface area contributed by atoms with Crippen LogP contribution in [-0.2, 0) is 6.54 Å².